The number of nitro groups is 1. The predicted octanol–water partition coefficient (Wildman–Crippen LogP) is 4.25. The Bertz CT molecular complexity index is 924. The number of phenols is 1. The number of hydrogen-bond donors (Lipinski definition) is 1. The van der Waals surface area contributed by atoms with E-state index in [1.54, 1.807) is 36.4 Å². The summed E-state index contributed by atoms with van der Waals surface area (Å²) in [5.74, 6) is 0.313. The van der Waals surface area contributed by atoms with Crippen molar-refractivity contribution in [3.63, 3.8) is 0 Å². The number of aromatic hydroxyl groups is 1. The van der Waals surface area contributed by atoms with Crippen molar-refractivity contribution in [2.75, 3.05) is 0 Å². The number of nitrogens with zero attached hydrogens (tertiary/aromatic N) is 3. The minimum absolute atomic E-state index is 0.0658. The Hall–Kier alpha value is -2.99. The number of fused-ring (bicyclic) bond motifs is 1. The maximum atomic E-state index is 11.2. The van der Waals surface area contributed by atoms with Crippen molar-refractivity contribution in [1.82, 2.24) is 4.98 Å². The van der Waals surface area contributed by atoms with Gasteiger partial charge in [-0.25, -0.2) is 9.98 Å². The number of nitro benzene ring substituents is 1. The van der Waals surface area contributed by atoms with Crippen LogP contribution in [0.3, 0.4) is 0 Å². The van der Waals surface area contributed by atoms with Crippen LogP contribution in [0.15, 0.2) is 53.7 Å². The highest BCUT2D eigenvalue weighted by Crippen LogP contribution is 2.35. The molecule has 0 spiro atoms. The largest absolute Gasteiger partial charge is 0.507 e. The van der Waals surface area contributed by atoms with Gasteiger partial charge in [-0.05, 0) is 18.2 Å². The molecule has 1 aromatic heterocycles. The average Bonchev–Trinajstić information content (AvgIpc) is 2.55. The molecule has 1 heterocycles. The van der Waals surface area contributed by atoms with Crippen molar-refractivity contribution in [2.45, 2.75) is 0 Å². The minimum atomic E-state index is -0.486. The van der Waals surface area contributed by atoms with Gasteiger partial charge in [-0.1, -0.05) is 29.8 Å². The summed E-state index contributed by atoms with van der Waals surface area (Å²) in [6, 6.07) is 11.1. The van der Waals surface area contributed by atoms with Gasteiger partial charge >= 0.3 is 0 Å². The van der Waals surface area contributed by atoms with E-state index >= 15 is 0 Å². The molecule has 0 atom stereocenters. The lowest BCUT2D eigenvalue weighted by atomic mass is 10.0. The van der Waals surface area contributed by atoms with Crippen molar-refractivity contribution < 1.29 is 10.0 Å². The third-order valence-electron chi connectivity index (χ3n) is 3.27. The van der Waals surface area contributed by atoms with E-state index in [1.165, 1.54) is 18.5 Å². The fourth-order valence-electron chi connectivity index (χ4n) is 2.19. The summed E-state index contributed by atoms with van der Waals surface area (Å²) in [6.45, 7) is 0. The molecule has 0 saturated carbocycles. The van der Waals surface area contributed by atoms with Gasteiger partial charge in [0.1, 0.15) is 5.75 Å². The van der Waals surface area contributed by atoms with E-state index in [0.29, 0.717) is 21.6 Å². The third kappa shape index (κ3) is 2.97. The molecular weight excluding hydrogens is 318 g/mol. The van der Waals surface area contributed by atoms with Gasteiger partial charge < -0.3 is 5.11 Å². The highest BCUT2D eigenvalue weighted by Gasteiger charge is 2.17. The Kier molecular flexibility index (Phi) is 3.91. The van der Waals surface area contributed by atoms with Crippen LogP contribution in [-0.4, -0.2) is 21.2 Å². The number of phenolic OH excluding ortho intramolecular Hbond substituents is 1. The van der Waals surface area contributed by atoms with E-state index in [0.717, 1.165) is 0 Å². The standard InChI is InChI=1S/C16H10ClN3O3/c17-11-5-6-15(19-9-11)18-8-10-7-14(20(22)23)12-3-1-2-4-13(12)16(10)21/h1-9,21H. The fraction of sp³-hybridized carbons (Fsp3) is 0. The molecule has 0 aliphatic carbocycles. The molecule has 0 fully saturated rings. The molecule has 0 aliphatic heterocycles. The highest BCUT2D eigenvalue weighted by atomic mass is 35.5. The van der Waals surface area contributed by atoms with Crippen molar-refractivity contribution in [3.8, 4) is 5.75 Å². The van der Waals surface area contributed by atoms with Crippen LogP contribution in [0.5, 0.6) is 5.75 Å². The first-order valence-corrected chi connectivity index (χ1v) is 6.99. The minimum Gasteiger partial charge on any atom is -0.507 e. The maximum Gasteiger partial charge on any atom is 0.278 e. The van der Waals surface area contributed by atoms with E-state index in [1.807, 2.05) is 0 Å². The van der Waals surface area contributed by atoms with Crippen LogP contribution >= 0.6 is 11.6 Å². The number of rotatable bonds is 3. The first-order chi connectivity index (χ1) is 11.1. The van der Waals surface area contributed by atoms with E-state index < -0.39 is 4.92 Å². The van der Waals surface area contributed by atoms with Gasteiger partial charge in [0.05, 0.1) is 15.3 Å². The molecule has 114 valence electrons. The molecule has 3 rings (SSSR count). The topological polar surface area (TPSA) is 88.6 Å². The quantitative estimate of drug-likeness (QED) is 0.442. The van der Waals surface area contributed by atoms with Crippen molar-refractivity contribution in [3.05, 3.63) is 69.4 Å². The van der Waals surface area contributed by atoms with Gasteiger partial charge in [0.15, 0.2) is 5.82 Å². The number of hydrogen-bond acceptors (Lipinski definition) is 5. The number of pyridine rings is 1. The predicted molar refractivity (Wildman–Crippen MR) is 88.8 cm³/mol. The summed E-state index contributed by atoms with van der Waals surface area (Å²) < 4.78 is 0. The normalized spacial score (nSPS) is 11.2. The second kappa shape index (κ2) is 6.02. The van der Waals surface area contributed by atoms with Gasteiger partial charge in [-0.3, -0.25) is 10.1 Å². The fourth-order valence-corrected chi connectivity index (χ4v) is 2.30. The molecule has 0 bridgehead atoms. The zero-order chi connectivity index (χ0) is 16.4. The number of benzene rings is 2. The van der Waals surface area contributed by atoms with E-state index in [4.69, 9.17) is 11.6 Å². The Morgan fingerprint density at radius 2 is 1.96 bits per heavy atom. The summed E-state index contributed by atoms with van der Waals surface area (Å²) in [5, 5.41) is 22.8. The van der Waals surface area contributed by atoms with Gasteiger partial charge in [0, 0.05) is 29.4 Å². The molecule has 0 aliphatic rings. The number of halogens is 1. The second-order valence-corrected chi connectivity index (χ2v) is 5.17. The average molecular weight is 328 g/mol. The first kappa shape index (κ1) is 14.9. The van der Waals surface area contributed by atoms with E-state index in [9.17, 15) is 15.2 Å². The molecule has 0 unspecified atom stereocenters. The molecular formula is C16H10ClN3O3. The third-order valence-corrected chi connectivity index (χ3v) is 3.49. The van der Waals surface area contributed by atoms with Crippen LogP contribution in [0, 0.1) is 10.1 Å². The summed E-state index contributed by atoms with van der Waals surface area (Å²) in [7, 11) is 0. The highest BCUT2D eigenvalue weighted by molar-refractivity contribution is 6.30. The smallest absolute Gasteiger partial charge is 0.278 e. The molecule has 23 heavy (non-hydrogen) atoms. The molecule has 2 aromatic carbocycles. The SMILES string of the molecule is O=[N+]([O-])c1cc(C=Nc2ccc(Cl)cn2)c(O)c2ccccc12. The number of non-ortho nitro benzene ring substituents is 1. The van der Waals surface area contributed by atoms with Gasteiger partial charge in [0.2, 0.25) is 0 Å². The lowest BCUT2D eigenvalue weighted by molar-refractivity contribution is -0.383. The van der Waals surface area contributed by atoms with Crippen LogP contribution in [0.25, 0.3) is 10.8 Å². The zero-order valence-corrected chi connectivity index (χ0v) is 12.4. The molecule has 3 aromatic rings. The second-order valence-electron chi connectivity index (χ2n) is 4.73. The van der Waals surface area contributed by atoms with Gasteiger partial charge in [-0.2, -0.15) is 0 Å². The Balaban J connectivity index is 2.12. The van der Waals surface area contributed by atoms with Gasteiger partial charge in [-0.15, -0.1) is 0 Å². The Labute approximate surface area is 135 Å². The van der Waals surface area contributed by atoms with E-state index in [2.05, 4.69) is 9.98 Å². The van der Waals surface area contributed by atoms with E-state index in [-0.39, 0.29) is 17.0 Å². The lowest BCUT2D eigenvalue weighted by Gasteiger charge is -2.05. The van der Waals surface area contributed by atoms with Crippen molar-refractivity contribution in [2.24, 2.45) is 4.99 Å². The summed E-state index contributed by atoms with van der Waals surface area (Å²) in [5.41, 5.74) is 0.149. The molecule has 7 heteroatoms. The first-order valence-electron chi connectivity index (χ1n) is 6.61. The molecule has 1 N–H and O–H groups in total. The van der Waals surface area contributed by atoms with Crippen LogP contribution in [-0.2, 0) is 0 Å². The summed E-state index contributed by atoms with van der Waals surface area (Å²) in [6.07, 6.45) is 2.78. The summed E-state index contributed by atoms with van der Waals surface area (Å²) in [4.78, 5) is 18.9. The monoisotopic (exact) mass is 327 g/mol. The Morgan fingerprint density at radius 3 is 2.61 bits per heavy atom. The van der Waals surface area contributed by atoms with Crippen LogP contribution in [0.2, 0.25) is 5.02 Å². The lowest BCUT2D eigenvalue weighted by Crippen LogP contribution is -1.93. The van der Waals surface area contributed by atoms with Crippen LogP contribution in [0.4, 0.5) is 11.5 Å². The molecule has 0 radical (unpaired) electrons. The molecule has 6 nitrogen and oxygen atoms in total. The summed E-state index contributed by atoms with van der Waals surface area (Å²) >= 11 is 5.75. The number of aliphatic imine (C=N–C) groups is 1. The van der Waals surface area contributed by atoms with Crippen molar-refractivity contribution in [1.29, 1.82) is 0 Å². The van der Waals surface area contributed by atoms with Crippen molar-refractivity contribution >= 4 is 40.1 Å². The molecule has 0 amide bonds. The van der Waals surface area contributed by atoms with Crippen LogP contribution in [0.1, 0.15) is 5.56 Å². The molecule has 0 saturated heterocycles. The van der Waals surface area contributed by atoms with Gasteiger partial charge in [0.25, 0.3) is 5.69 Å². The maximum absolute atomic E-state index is 11.2. The van der Waals surface area contributed by atoms with Crippen LogP contribution < -0.4 is 0 Å². The zero-order valence-electron chi connectivity index (χ0n) is 11.7. The Morgan fingerprint density at radius 1 is 1.22 bits per heavy atom. The number of aromatic nitrogens is 1.